The Bertz CT molecular complexity index is 399. The molecule has 17 heavy (non-hydrogen) atoms. The molecule has 0 bridgehead atoms. The zero-order valence-corrected chi connectivity index (χ0v) is 10.1. The molecule has 0 spiro atoms. The van der Waals surface area contributed by atoms with Crippen LogP contribution in [0.1, 0.15) is 12.0 Å². The molecule has 2 rings (SSSR count). The van der Waals surface area contributed by atoms with Gasteiger partial charge in [0.25, 0.3) is 0 Å². The van der Waals surface area contributed by atoms with Gasteiger partial charge in [-0.25, -0.2) is 0 Å². The Balaban J connectivity index is 2.04. The number of hydrogen-bond acceptors (Lipinski definition) is 3. The summed E-state index contributed by atoms with van der Waals surface area (Å²) >= 11 is 0. The Morgan fingerprint density at radius 3 is 3.06 bits per heavy atom. The van der Waals surface area contributed by atoms with Crippen LogP contribution in [0.4, 0.5) is 5.69 Å². The molecule has 1 aromatic carbocycles. The quantitative estimate of drug-likeness (QED) is 0.611. The number of anilines is 1. The van der Waals surface area contributed by atoms with Crippen LogP contribution in [0.15, 0.2) is 24.3 Å². The summed E-state index contributed by atoms with van der Waals surface area (Å²) in [6.45, 7) is 2.73. The lowest BCUT2D eigenvalue weighted by atomic mass is 10.1. The third kappa shape index (κ3) is 2.97. The largest absolute Gasteiger partial charge is 0.384 e. The van der Waals surface area contributed by atoms with E-state index in [1.807, 2.05) is 24.3 Å². The first-order valence-corrected chi connectivity index (χ1v) is 5.90. The maximum absolute atomic E-state index is 7.44. The van der Waals surface area contributed by atoms with Crippen LogP contribution in [0.2, 0.25) is 0 Å². The first-order valence-electron chi connectivity index (χ1n) is 5.90. The summed E-state index contributed by atoms with van der Waals surface area (Å²) in [7, 11) is 2.07. The van der Waals surface area contributed by atoms with E-state index >= 15 is 0 Å². The fraction of sp³-hybridized carbons (Fsp3) is 0.462. The van der Waals surface area contributed by atoms with Crippen LogP contribution in [0.5, 0.6) is 0 Å². The van der Waals surface area contributed by atoms with E-state index in [-0.39, 0.29) is 5.84 Å². The maximum Gasteiger partial charge on any atom is 0.122 e. The van der Waals surface area contributed by atoms with E-state index in [0.29, 0.717) is 5.92 Å². The third-order valence-corrected chi connectivity index (χ3v) is 3.15. The molecule has 1 fully saturated rings. The molecule has 1 atom stereocenters. The number of benzene rings is 1. The first-order chi connectivity index (χ1) is 8.16. The molecule has 1 aromatic rings. The van der Waals surface area contributed by atoms with E-state index in [1.165, 1.54) is 0 Å². The van der Waals surface area contributed by atoms with Gasteiger partial charge in [-0.05, 0) is 18.6 Å². The van der Waals surface area contributed by atoms with Gasteiger partial charge in [0.2, 0.25) is 0 Å². The van der Waals surface area contributed by atoms with E-state index in [4.69, 9.17) is 15.9 Å². The Morgan fingerprint density at radius 2 is 2.41 bits per heavy atom. The highest BCUT2D eigenvalue weighted by molar-refractivity contribution is 5.95. The highest BCUT2D eigenvalue weighted by Crippen LogP contribution is 2.19. The molecule has 0 aliphatic carbocycles. The van der Waals surface area contributed by atoms with E-state index < -0.39 is 0 Å². The second kappa shape index (κ2) is 5.19. The molecule has 3 N–H and O–H groups in total. The predicted molar refractivity (Wildman–Crippen MR) is 69.7 cm³/mol. The van der Waals surface area contributed by atoms with Gasteiger partial charge < -0.3 is 15.4 Å². The summed E-state index contributed by atoms with van der Waals surface area (Å²) in [6.07, 6.45) is 1.14. The molecule has 0 saturated carbocycles. The average molecular weight is 233 g/mol. The van der Waals surface area contributed by atoms with Crippen molar-refractivity contribution in [2.75, 3.05) is 31.7 Å². The van der Waals surface area contributed by atoms with Crippen molar-refractivity contribution in [2.24, 2.45) is 11.7 Å². The zero-order valence-electron chi connectivity index (χ0n) is 10.1. The number of nitrogens with one attached hydrogen (secondary N) is 1. The molecule has 1 saturated heterocycles. The van der Waals surface area contributed by atoms with Gasteiger partial charge in [-0.3, -0.25) is 5.41 Å². The van der Waals surface area contributed by atoms with E-state index in [9.17, 15) is 0 Å². The normalized spacial score (nSPS) is 19.2. The average Bonchev–Trinajstić information content (AvgIpc) is 2.82. The van der Waals surface area contributed by atoms with Crippen molar-refractivity contribution >= 4 is 11.5 Å². The fourth-order valence-corrected chi connectivity index (χ4v) is 2.13. The molecular weight excluding hydrogens is 214 g/mol. The van der Waals surface area contributed by atoms with Crippen molar-refractivity contribution in [3.05, 3.63) is 29.8 Å². The molecule has 0 amide bonds. The number of nitrogen functional groups attached to an aromatic ring is 1. The second-order valence-electron chi connectivity index (χ2n) is 4.57. The van der Waals surface area contributed by atoms with Crippen molar-refractivity contribution < 1.29 is 4.74 Å². The Kier molecular flexibility index (Phi) is 3.64. The molecule has 1 unspecified atom stereocenters. The van der Waals surface area contributed by atoms with Crippen molar-refractivity contribution in [1.82, 2.24) is 0 Å². The van der Waals surface area contributed by atoms with Crippen molar-refractivity contribution in [1.29, 1.82) is 5.41 Å². The van der Waals surface area contributed by atoms with Gasteiger partial charge in [-0.15, -0.1) is 0 Å². The second-order valence-corrected chi connectivity index (χ2v) is 4.57. The predicted octanol–water partition coefficient (Wildman–Crippen LogP) is 1.44. The van der Waals surface area contributed by atoms with E-state index in [0.717, 1.165) is 37.4 Å². The van der Waals surface area contributed by atoms with Gasteiger partial charge in [-0.1, -0.05) is 12.1 Å². The minimum atomic E-state index is 0.115. The number of ether oxygens (including phenoxy) is 1. The lowest BCUT2D eigenvalue weighted by Gasteiger charge is -2.22. The molecule has 0 radical (unpaired) electrons. The minimum absolute atomic E-state index is 0.115. The number of rotatable bonds is 4. The summed E-state index contributed by atoms with van der Waals surface area (Å²) in [4.78, 5) is 2.20. The van der Waals surface area contributed by atoms with Gasteiger partial charge in [0.1, 0.15) is 5.84 Å². The lowest BCUT2D eigenvalue weighted by molar-refractivity contribution is 0.186. The minimum Gasteiger partial charge on any atom is -0.384 e. The number of hydrogen-bond donors (Lipinski definition) is 2. The van der Waals surface area contributed by atoms with Crippen molar-refractivity contribution in [3.63, 3.8) is 0 Å². The Hall–Kier alpha value is -1.55. The van der Waals surface area contributed by atoms with Gasteiger partial charge >= 0.3 is 0 Å². The van der Waals surface area contributed by atoms with E-state index in [2.05, 4.69) is 11.9 Å². The molecule has 92 valence electrons. The number of nitrogens with two attached hydrogens (primary N) is 1. The number of nitrogens with zero attached hydrogens (tertiary/aromatic N) is 1. The van der Waals surface area contributed by atoms with Crippen LogP contribution < -0.4 is 10.6 Å². The summed E-state index contributed by atoms with van der Waals surface area (Å²) in [5.74, 6) is 0.727. The van der Waals surface area contributed by atoms with Crippen molar-refractivity contribution in [3.8, 4) is 0 Å². The van der Waals surface area contributed by atoms with Crippen LogP contribution in [0.25, 0.3) is 0 Å². The molecule has 1 aliphatic heterocycles. The molecule has 4 nitrogen and oxygen atoms in total. The van der Waals surface area contributed by atoms with Crippen LogP contribution in [0, 0.1) is 11.3 Å². The van der Waals surface area contributed by atoms with Crippen molar-refractivity contribution in [2.45, 2.75) is 6.42 Å². The van der Waals surface area contributed by atoms with Gasteiger partial charge in [0.15, 0.2) is 0 Å². The van der Waals surface area contributed by atoms with Crippen LogP contribution in [-0.4, -0.2) is 32.6 Å². The van der Waals surface area contributed by atoms with E-state index in [1.54, 1.807) is 0 Å². The summed E-state index contributed by atoms with van der Waals surface area (Å²) in [5.41, 5.74) is 7.37. The highest BCUT2D eigenvalue weighted by Gasteiger charge is 2.17. The molecular formula is C13H19N3O. The molecule has 0 aromatic heterocycles. The summed E-state index contributed by atoms with van der Waals surface area (Å²) < 4.78 is 5.38. The van der Waals surface area contributed by atoms with Gasteiger partial charge in [0.05, 0.1) is 6.61 Å². The topological polar surface area (TPSA) is 62.3 Å². The van der Waals surface area contributed by atoms with Crippen LogP contribution in [0.3, 0.4) is 0 Å². The maximum atomic E-state index is 7.44. The lowest BCUT2D eigenvalue weighted by Crippen LogP contribution is -2.26. The molecule has 1 aliphatic rings. The standard InChI is InChI=1S/C13H19N3O/c1-16(8-10-5-6-17-9-10)12-4-2-3-11(7-12)13(14)15/h2-4,7,10H,5-6,8-9H2,1H3,(H3,14,15). The Labute approximate surface area is 102 Å². The Morgan fingerprint density at radius 1 is 1.59 bits per heavy atom. The molecule has 1 heterocycles. The zero-order chi connectivity index (χ0) is 12.3. The highest BCUT2D eigenvalue weighted by atomic mass is 16.5. The van der Waals surface area contributed by atoms with Crippen LogP contribution in [-0.2, 0) is 4.74 Å². The smallest absolute Gasteiger partial charge is 0.122 e. The fourth-order valence-electron chi connectivity index (χ4n) is 2.13. The summed E-state index contributed by atoms with van der Waals surface area (Å²) in [5, 5.41) is 7.44. The van der Waals surface area contributed by atoms with Gasteiger partial charge in [0, 0.05) is 37.4 Å². The van der Waals surface area contributed by atoms with Crippen LogP contribution >= 0.6 is 0 Å². The first kappa shape index (κ1) is 11.9. The SMILES string of the molecule is CN(CC1CCOC1)c1cccc(C(=N)N)c1. The third-order valence-electron chi connectivity index (χ3n) is 3.15. The monoisotopic (exact) mass is 233 g/mol. The van der Waals surface area contributed by atoms with Gasteiger partial charge in [-0.2, -0.15) is 0 Å². The molecule has 4 heteroatoms. The summed E-state index contributed by atoms with van der Waals surface area (Å²) in [6, 6.07) is 7.80. The number of amidine groups is 1.